The molecule has 0 bridgehead atoms. The summed E-state index contributed by atoms with van der Waals surface area (Å²) in [6.45, 7) is 3.56. The van der Waals surface area contributed by atoms with Gasteiger partial charge >= 0.3 is 0 Å². The molecule has 0 aromatic carbocycles. The Kier molecular flexibility index (Phi) is 3.98. The summed E-state index contributed by atoms with van der Waals surface area (Å²) in [5, 5.41) is 3.06. The van der Waals surface area contributed by atoms with Gasteiger partial charge < -0.3 is 10.1 Å². The van der Waals surface area contributed by atoms with Crippen LogP contribution in [0.4, 0.5) is 5.95 Å². The number of aromatic nitrogens is 2. The molecule has 1 aliphatic carbocycles. The number of nitrogens with zero attached hydrogens (tertiary/aromatic N) is 2. The van der Waals surface area contributed by atoms with E-state index < -0.39 is 0 Å². The van der Waals surface area contributed by atoms with Gasteiger partial charge in [0.2, 0.25) is 11.8 Å². The number of rotatable bonds is 6. The molecule has 0 amide bonds. The third-order valence-corrected chi connectivity index (χ3v) is 3.05. The average molecular weight is 286 g/mol. The lowest BCUT2D eigenvalue weighted by molar-refractivity contribution is 0.289. The first-order valence-electron chi connectivity index (χ1n) is 5.68. The maximum absolute atomic E-state index is 5.64. The van der Waals surface area contributed by atoms with Gasteiger partial charge in [0.15, 0.2) is 0 Å². The van der Waals surface area contributed by atoms with Gasteiger partial charge in [-0.3, -0.25) is 0 Å². The highest BCUT2D eigenvalue weighted by atomic mass is 79.9. The fourth-order valence-electron chi connectivity index (χ4n) is 1.42. The fraction of sp³-hybridized carbons (Fsp3) is 0.636. The molecule has 0 aliphatic heterocycles. The van der Waals surface area contributed by atoms with Crippen LogP contribution >= 0.6 is 15.9 Å². The van der Waals surface area contributed by atoms with E-state index in [-0.39, 0.29) is 0 Å². The Balaban J connectivity index is 1.91. The molecule has 0 radical (unpaired) electrons. The summed E-state index contributed by atoms with van der Waals surface area (Å²) in [7, 11) is 0. The summed E-state index contributed by atoms with van der Waals surface area (Å²) in [5.41, 5.74) is 0. The highest BCUT2D eigenvalue weighted by molar-refractivity contribution is 9.10. The van der Waals surface area contributed by atoms with Gasteiger partial charge in [-0.2, -0.15) is 4.98 Å². The summed E-state index contributed by atoms with van der Waals surface area (Å²) < 4.78 is 6.45. The molecule has 1 aliphatic rings. The lowest BCUT2D eigenvalue weighted by atomic mass is 10.3. The van der Waals surface area contributed by atoms with E-state index in [2.05, 4.69) is 31.2 Å². The molecule has 0 saturated heterocycles. The van der Waals surface area contributed by atoms with E-state index >= 15 is 0 Å². The summed E-state index contributed by atoms with van der Waals surface area (Å²) in [5.74, 6) is 2.13. The van der Waals surface area contributed by atoms with Crippen LogP contribution < -0.4 is 10.1 Å². The monoisotopic (exact) mass is 285 g/mol. The van der Waals surface area contributed by atoms with Gasteiger partial charge in [-0.1, -0.05) is 12.8 Å². The first kappa shape index (κ1) is 11.6. The standard InChI is InChI=1S/C11H16BrN3O/c1-2-13-11-14-7-9(12)10(15-11)16-6-5-8-3-4-8/h7-8H,2-6H2,1H3,(H,13,14,15). The Labute approximate surface area is 104 Å². The van der Waals surface area contributed by atoms with Crippen LogP contribution in [0.3, 0.4) is 0 Å². The third-order valence-electron chi connectivity index (χ3n) is 2.51. The molecule has 1 aromatic rings. The second-order valence-corrected chi connectivity index (χ2v) is 4.81. The minimum atomic E-state index is 0.618. The summed E-state index contributed by atoms with van der Waals surface area (Å²) in [4.78, 5) is 8.42. The molecule has 0 spiro atoms. The predicted molar refractivity (Wildman–Crippen MR) is 66.7 cm³/mol. The topological polar surface area (TPSA) is 47.0 Å². The van der Waals surface area contributed by atoms with Gasteiger partial charge in [-0.05, 0) is 35.2 Å². The van der Waals surface area contributed by atoms with Crippen molar-refractivity contribution >= 4 is 21.9 Å². The quantitative estimate of drug-likeness (QED) is 0.873. The van der Waals surface area contributed by atoms with Crippen molar-refractivity contribution in [1.29, 1.82) is 0 Å². The number of ether oxygens (including phenoxy) is 1. The van der Waals surface area contributed by atoms with Gasteiger partial charge in [-0.15, -0.1) is 0 Å². The van der Waals surface area contributed by atoms with Crippen molar-refractivity contribution in [3.63, 3.8) is 0 Å². The highest BCUT2D eigenvalue weighted by Crippen LogP contribution is 2.32. The van der Waals surface area contributed by atoms with E-state index in [4.69, 9.17) is 4.74 Å². The summed E-state index contributed by atoms with van der Waals surface area (Å²) in [6.07, 6.45) is 5.57. The average Bonchev–Trinajstić information content (AvgIpc) is 3.07. The maximum atomic E-state index is 5.64. The Bertz CT molecular complexity index is 355. The van der Waals surface area contributed by atoms with E-state index in [1.807, 2.05) is 6.92 Å². The molecule has 1 fully saturated rings. The lowest BCUT2D eigenvalue weighted by Gasteiger charge is -2.08. The van der Waals surface area contributed by atoms with Crippen LogP contribution in [0, 0.1) is 5.92 Å². The highest BCUT2D eigenvalue weighted by Gasteiger charge is 2.21. The minimum absolute atomic E-state index is 0.618. The van der Waals surface area contributed by atoms with Gasteiger partial charge in [0.25, 0.3) is 0 Å². The summed E-state index contributed by atoms with van der Waals surface area (Å²) >= 11 is 3.39. The lowest BCUT2D eigenvalue weighted by Crippen LogP contribution is -2.05. The van der Waals surface area contributed by atoms with Gasteiger partial charge in [0, 0.05) is 6.54 Å². The van der Waals surface area contributed by atoms with E-state index in [1.165, 1.54) is 12.8 Å². The zero-order valence-electron chi connectivity index (χ0n) is 9.37. The molecule has 88 valence electrons. The third kappa shape index (κ3) is 3.33. The van der Waals surface area contributed by atoms with Crippen LogP contribution in [0.5, 0.6) is 5.88 Å². The van der Waals surface area contributed by atoms with Crippen LogP contribution in [0.25, 0.3) is 0 Å². The number of hydrogen-bond acceptors (Lipinski definition) is 4. The fourth-order valence-corrected chi connectivity index (χ4v) is 1.73. The van der Waals surface area contributed by atoms with Gasteiger partial charge in [0.1, 0.15) is 0 Å². The number of halogens is 1. The largest absolute Gasteiger partial charge is 0.477 e. The van der Waals surface area contributed by atoms with Crippen molar-refractivity contribution in [3.8, 4) is 5.88 Å². The van der Waals surface area contributed by atoms with Gasteiger partial charge in [-0.25, -0.2) is 4.98 Å². The molecule has 1 aromatic heterocycles. The number of anilines is 1. The molecule has 1 heterocycles. The Morgan fingerprint density at radius 1 is 1.56 bits per heavy atom. The minimum Gasteiger partial charge on any atom is -0.477 e. The molecule has 1 N–H and O–H groups in total. The molecule has 4 nitrogen and oxygen atoms in total. The molecule has 2 rings (SSSR count). The molecule has 1 saturated carbocycles. The Hall–Kier alpha value is -0.840. The van der Waals surface area contributed by atoms with Crippen molar-refractivity contribution in [3.05, 3.63) is 10.7 Å². The number of nitrogens with one attached hydrogen (secondary N) is 1. The molecular weight excluding hydrogens is 270 g/mol. The Morgan fingerprint density at radius 3 is 3.06 bits per heavy atom. The zero-order valence-corrected chi connectivity index (χ0v) is 11.0. The zero-order chi connectivity index (χ0) is 11.4. The van der Waals surface area contributed by atoms with Crippen LogP contribution in [0.2, 0.25) is 0 Å². The normalized spacial score (nSPS) is 14.9. The van der Waals surface area contributed by atoms with E-state index in [9.17, 15) is 0 Å². The molecular formula is C11H16BrN3O. The number of hydrogen-bond donors (Lipinski definition) is 1. The van der Waals surface area contributed by atoms with E-state index in [0.717, 1.165) is 30.0 Å². The van der Waals surface area contributed by atoms with Crippen molar-refractivity contribution in [2.75, 3.05) is 18.5 Å². The molecule has 0 atom stereocenters. The first-order valence-corrected chi connectivity index (χ1v) is 6.48. The maximum Gasteiger partial charge on any atom is 0.232 e. The van der Waals surface area contributed by atoms with Crippen molar-refractivity contribution < 1.29 is 4.74 Å². The predicted octanol–water partition coefficient (Wildman–Crippen LogP) is 2.85. The first-order chi connectivity index (χ1) is 7.79. The Morgan fingerprint density at radius 2 is 2.38 bits per heavy atom. The molecule has 16 heavy (non-hydrogen) atoms. The van der Waals surface area contributed by atoms with Crippen LogP contribution in [-0.4, -0.2) is 23.1 Å². The van der Waals surface area contributed by atoms with Gasteiger partial charge in [0.05, 0.1) is 17.3 Å². The second kappa shape index (κ2) is 5.48. The second-order valence-electron chi connectivity index (χ2n) is 3.96. The van der Waals surface area contributed by atoms with E-state index in [0.29, 0.717) is 11.8 Å². The van der Waals surface area contributed by atoms with Crippen LogP contribution in [0.15, 0.2) is 10.7 Å². The van der Waals surface area contributed by atoms with Crippen molar-refractivity contribution in [2.24, 2.45) is 5.92 Å². The van der Waals surface area contributed by atoms with Crippen LogP contribution in [0.1, 0.15) is 26.2 Å². The summed E-state index contributed by atoms with van der Waals surface area (Å²) in [6, 6.07) is 0. The molecule has 5 heteroatoms. The van der Waals surface area contributed by atoms with Crippen LogP contribution in [-0.2, 0) is 0 Å². The van der Waals surface area contributed by atoms with Crippen molar-refractivity contribution in [2.45, 2.75) is 26.2 Å². The smallest absolute Gasteiger partial charge is 0.232 e. The van der Waals surface area contributed by atoms with Crippen molar-refractivity contribution in [1.82, 2.24) is 9.97 Å². The van der Waals surface area contributed by atoms with E-state index in [1.54, 1.807) is 6.20 Å². The SMILES string of the molecule is CCNc1ncc(Br)c(OCCC2CC2)n1. The molecule has 0 unspecified atom stereocenters.